The first-order valence-electron chi connectivity index (χ1n) is 7.57. The first-order chi connectivity index (χ1) is 10.2. The second-order valence-electron chi connectivity index (χ2n) is 6.07. The summed E-state index contributed by atoms with van der Waals surface area (Å²) in [7, 11) is 0. The molecular weight excluding hydrogens is 264 g/mol. The van der Waals surface area contributed by atoms with E-state index in [2.05, 4.69) is 15.3 Å². The molecule has 1 aliphatic rings. The molecule has 1 fully saturated rings. The molecule has 0 radical (unpaired) electrons. The number of fused-ring (bicyclic) bond motifs is 1. The minimum Gasteiger partial charge on any atom is -0.399 e. The maximum absolute atomic E-state index is 9.78. The maximum Gasteiger partial charge on any atom is 0.137 e. The molecule has 1 aliphatic carbocycles. The Morgan fingerprint density at radius 2 is 2.00 bits per heavy atom. The van der Waals surface area contributed by atoms with E-state index in [4.69, 9.17) is 5.73 Å². The summed E-state index contributed by atoms with van der Waals surface area (Å²) in [6, 6.07) is 5.66. The van der Waals surface area contributed by atoms with Crippen molar-refractivity contribution in [2.45, 2.75) is 32.1 Å². The number of aromatic nitrogens is 2. The first kappa shape index (κ1) is 14.1. The standard InChI is InChI=1S/C16H22N4O/c17-12-4-5-13-14(8-12)19-11-20-15(13)18-9-16(10-21)6-2-1-3-7-16/h4-5,8,11,21H,1-3,6-7,9-10,17H2,(H,18,19,20). The highest BCUT2D eigenvalue weighted by Gasteiger charge is 2.31. The number of aliphatic hydroxyl groups is 1. The van der Waals surface area contributed by atoms with Crippen LogP contribution in [0.25, 0.3) is 10.9 Å². The minimum absolute atomic E-state index is 0.0106. The van der Waals surface area contributed by atoms with E-state index in [9.17, 15) is 5.11 Å². The molecule has 0 atom stereocenters. The molecule has 4 N–H and O–H groups in total. The Bertz CT molecular complexity index is 623. The van der Waals surface area contributed by atoms with Crippen LogP contribution in [0.4, 0.5) is 11.5 Å². The second kappa shape index (κ2) is 5.85. The fourth-order valence-corrected chi connectivity index (χ4v) is 3.18. The molecule has 0 amide bonds. The number of nitrogens with zero attached hydrogens (tertiary/aromatic N) is 2. The van der Waals surface area contributed by atoms with Crippen molar-refractivity contribution in [3.63, 3.8) is 0 Å². The number of nitrogens with two attached hydrogens (primary N) is 1. The molecule has 5 heteroatoms. The van der Waals surface area contributed by atoms with Gasteiger partial charge in [-0.3, -0.25) is 0 Å². The van der Waals surface area contributed by atoms with Gasteiger partial charge in [-0.05, 0) is 31.0 Å². The van der Waals surface area contributed by atoms with E-state index in [0.717, 1.165) is 36.1 Å². The molecule has 0 spiro atoms. The Labute approximate surface area is 124 Å². The Morgan fingerprint density at radius 1 is 1.19 bits per heavy atom. The normalized spacial score (nSPS) is 17.8. The van der Waals surface area contributed by atoms with Gasteiger partial charge in [-0.1, -0.05) is 19.3 Å². The van der Waals surface area contributed by atoms with E-state index in [0.29, 0.717) is 5.69 Å². The highest BCUT2D eigenvalue weighted by atomic mass is 16.3. The van der Waals surface area contributed by atoms with Crippen LogP contribution < -0.4 is 11.1 Å². The first-order valence-corrected chi connectivity index (χ1v) is 7.57. The minimum atomic E-state index is -0.0106. The number of nitrogen functional groups attached to an aromatic ring is 1. The Morgan fingerprint density at radius 3 is 2.76 bits per heavy atom. The van der Waals surface area contributed by atoms with Crippen LogP contribution in [0.2, 0.25) is 0 Å². The van der Waals surface area contributed by atoms with E-state index in [-0.39, 0.29) is 12.0 Å². The molecule has 1 heterocycles. The number of aliphatic hydroxyl groups excluding tert-OH is 1. The summed E-state index contributed by atoms with van der Waals surface area (Å²) in [6.45, 7) is 0.982. The molecule has 1 aromatic heterocycles. The van der Waals surface area contributed by atoms with Crippen LogP contribution in [0.15, 0.2) is 24.5 Å². The van der Waals surface area contributed by atoms with Gasteiger partial charge in [-0.15, -0.1) is 0 Å². The lowest BCUT2D eigenvalue weighted by molar-refractivity contribution is 0.0943. The average Bonchev–Trinajstić information content (AvgIpc) is 2.53. The predicted octanol–water partition coefficient (Wildman–Crippen LogP) is 2.57. The lowest BCUT2D eigenvalue weighted by Gasteiger charge is -2.35. The third-order valence-corrected chi connectivity index (χ3v) is 4.54. The van der Waals surface area contributed by atoms with Gasteiger partial charge >= 0.3 is 0 Å². The number of rotatable bonds is 4. The van der Waals surface area contributed by atoms with Crippen LogP contribution in [0.3, 0.4) is 0 Å². The average molecular weight is 286 g/mol. The molecule has 1 aromatic carbocycles. The summed E-state index contributed by atoms with van der Waals surface area (Å²) in [5.41, 5.74) is 7.33. The number of hydrogen-bond donors (Lipinski definition) is 3. The molecule has 1 saturated carbocycles. The maximum atomic E-state index is 9.78. The van der Waals surface area contributed by atoms with Crippen LogP contribution >= 0.6 is 0 Å². The largest absolute Gasteiger partial charge is 0.399 e. The molecule has 0 saturated heterocycles. The van der Waals surface area contributed by atoms with E-state index >= 15 is 0 Å². The van der Waals surface area contributed by atoms with Gasteiger partial charge in [-0.2, -0.15) is 0 Å². The molecule has 3 rings (SSSR count). The molecule has 5 nitrogen and oxygen atoms in total. The smallest absolute Gasteiger partial charge is 0.137 e. The molecule has 112 valence electrons. The van der Waals surface area contributed by atoms with Crippen LogP contribution in [0, 0.1) is 5.41 Å². The molecule has 0 aliphatic heterocycles. The third-order valence-electron chi connectivity index (χ3n) is 4.54. The monoisotopic (exact) mass is 286 g/mol. The highest BCUT2D eigenvalue weighted by molar-refractivity contribution is 5.90. The van der Waals surface area contributed by atoms with E-state index < -0.39 is 0 Å². The quantitative estimate of drug-likeness (QED) is 0.752. The van der Waals surface area contributed by atoms with E-state index in [1.54, 1.807) is 6.33 Å². The van der Waals surface area contributed by atoms with Crippen LogP contribution in [-0.2, 0) is 0 Å². The van der Waals surface area contributed by atoms with Crippen molar-refractivity contribution in [2.24, 2.45) is 5.41 Å². The van der Waals surface area contributed by atoms with E-state index in [1.165, 1.54) is 19.3 Å². The Kier molecular flexibility index (Phi) is 3.92. The number of benzene rings is 1. The molecule has 2 aromatic rings. The molecule has 0 unspecified atom stereocenters. The van der Waals surface area contributed by atoms with Gasteiger partial charge in [0.2, 0.25) is 0 Å². The lowest BCUT2D eigenvalue weighted by Crippen LogP contribution is -2.35. The van der Waals surface area contributed by atoms with Crippen LogP contribution in [0.1, 0.15) is 32.1 Å². The fourth-order valence-electron chi connectivity index (χ4n) is 3.18. The zero-order chi connectivity index (χ0) is 14.7. The second-order valence-corrected chi connectivity index (χ2v) is 6.07. The van der Waals surface area contributed by atoms with E-state index in [1.807, 2.05) is 18.2 Å². The molecular formula is C16H22N4O. The summed E-state index contributed by atoms with van der Waals surface area (Å²) in [5, 5.41) is 14.2. The van der Waals surface area contributed by atoms with Crippen molar-refractivity contribution in [1.29, 1.82) is 0 Å². The fraction of sp³-hybridized carbons (Fsp3) is 0.500. The van der Waals surface area contributed by atoms with Crippen LogP contribution in [-0.4, -0.2) is 28.2 Å². The number of hydrogen-bond acceptors (Lipinski definition) is 5. The summed E-state index contributed by atoms with van der Waals surface area (Å²) >= 11 is 0. The summed E-state index contributed by atoms with van der Waals surface area (Å²) in [4.78, 5) is 8.60. The van der Waals surface area contributed by atoms with Crippen molar-refractivity contribution in [3.8, 4) is 0 Å². The van der Waals surface area contributed by atoms with Crippen molar-refractivity contribution in [2.75, 3.05) is 24.2 Å². The van der Waals surface area contributed by atoms with Crippen LogP contribution in [0.5, 0.6) is 0 Å². The molecule has 21 heavy (non-hydrogen) atoms. The summed E-state index contributed by atoms with van der Waals surface area (Å²) in [6.07, 6.45) is 7.37. The lowest BCUT2D eigenvalue weighted by atomic mass is 9.74. The van der Waals surface area contributed by atoms with Gasteiger partial charge in [-0.25, -0.2) is 9.97 Å². The van der Waals surface area contributed by atoms with Crippen molar-refractivity contribution >= 4 is 22.4 Å². The van der Waals surface area contributed by atoms with Gasteiger partial charge in [0, 0.05) is 23.0 Å². The van der Waals surface area contributed by atoms with Gasteiger partial charge in [0.05, 0.1) is 12.1 Å². The summed E-state index contributed by atoms with van der Waals surface area (Å²) in [5.74, 6) is 0.818. The third kappa shape index (κ3) is 2.93. The summed E-state index contributed by atoms with van der Waals surface area (Å²) < 4.78 is 0. The Balaban J connectivity index is 1.81. The number of anilines is 2. The van der Waals surface area contributed by atoms with Gasteiger partial charge in [0.1, 0.15) is 12.1 Å². The topological polar surface area (TPSA) is 84.1 Å². The Hall–Kier alpha value is -1.88. The van der Waals surface area contributed by atoms with Crippen molar-refractivity contribution in [3.05, 3.63) is 24.5 Å². The number of nitrogens with one attached hydrogen (secondary N) is 1. The van der Waals surface area contributed by atoms with Crippen molar-refractivity contribution in [1.82, 2.24) is 9.97 Å². The predicted molar refractivity (Wildman–Crippen MR) is 85.0 cm³/mol. The van der Waals surface area contributed by atoms with Gasteiger partial charge in [0.15, 0.2) is 0 Å². The zero-order valence-electron chi connectivity index (χ0n) is 12.2. The van der Waals surface area contributed by atoms with Crippen molar-refractivity contribution < 1.29 is 5.11 Å². The van der Waals surface area contributed by atoms with Gasteiger partial charge < -0.3 is 16.2 Å². The SMILES string of the molecule is Nc1ccc2c(NCC3(CO)CCCCC3)ncnc2c1. The zero-order valence-corrected chi connectivity index (χ0v) is 12.2. The highest BCUT2D eigenvalue weighted by Crippen LogP contribution is 2.36. The van der Waals surface area contributed by atoms with Gasteiger partial charge in [0.25, 0.3) is 0 Å². The molecule has 0 bridgehead atoms.